The van der Waals surface area contributed by atoms with Crippen LogP contribution in [-0.4, -0.2) is 44.8 Å². The van der Waals surface area contributed by atoms with Gasteiger partial charge in [-0.3, -0.25) is 9.08 Å². The summed E-state index contributed by atoms with van der Waals surface area (Å²) in [5.41, 5.74) is 7.13. The Kier molecular flexibility index (Phi) is 4.57. The van der Waals surface area contributed by atoms with Crippen molar-refractivity contribution < 1.29 is 12.6 Å². The van der Waals surface area contributed by atoms with E-state index in [1.807, 2.05) is 18.2 Å². The van der Waals surface area contributed by atoms with E-state index in [4.69, 9.17) is 9.92 Å². The minimum atomic E-state index is -3.46. The largest absolute Gasteiger partial charge is 0.325 e. The van der Waals surface area contributed by atoms with Crippen molar-refractivity contribution in [1.29, 1.82) is 0 Å². The van der Waals surface area contributed by atoms with Gasteiger partial charge in [-0.2, -0.15) is 8.42 Å². The Balaban J connectivity index is 1.97. The van der Waals surface area contributed by atoms with Crippen LogP contribution in [0, 0.1) is 0 Å². The predicted octanol–water partition coefficient (Wildman–Crippen LogP) is 0.564. The van der Waals surface area contributed by atoms with Crippen LogP contribution in [-0.2, 0) is 20.8 Å². The molecule has 1 saturated heterocycles. The van der Waals surface area contributed by atoms with Crippen molar-refractivity contribution in [1.82, 2.24) is 4.90 Å². The molecule has 0 aromatic heterocycles. The molecule has 2 N–H and O–H groups in total. The van der Waals surface area contributed by atoms with Crippen molar-refractivity contribution in [2.24, 2.45) is 5.73 Å². The van der Waals surface area contributed by atoms with E-state index in [1.54, 1.807) is 0 Å². The van der Waals surface area contributed by atoms with E-state index < -0.39 is 16.2 Å². The van der Waals surface area contributed by atoms with Crippen molar-refractivity contribution in [3.05, 3.63) is 35.9 Å². The number of hydrogen-bond donors (Lipinski definition) is 1. The number of nitrogens with zero attached hydrogens (tertiary/aromatic N) is 1. The Bertz CT molecular complexity index is 504. The molecule has 2 rings (SSSR count). The minimum Gasteiger partial charge on any atom is -0.325 e. The lowest BCUT2D eigenvalue weighted by atomic mass is 10.0. The van der Waals surface area contributed by atoms with Crippen LogP contribution >= 0.6 is 0 Å². The first kappa shape index (κ1) is 14.5. The van der Waals surface area contributed by atoms with Gasteiger partial charge in [-0.25, -0.2) is 0 Å². The Hall–Kier alpha value is -0.950. The molecule has 0 bridgehead atoms. The molecule has 1 fully saturated rings. The maximum Gasteiger partial charge on any atom is 0.264 e. The lowest BCUT2D eigenvalue weighted by Crippen LogP contribution is -2.51. The highest BCUT2D eigenvalue weighted by atomic mass is 32.2. The van der Waals surface area contributed by atoms with E-state index in [0.29, 0.717) is 6.54 Å². The molecule has 5 nitrogen and oxygen atoms in total. The van der Waals surface area contributed by atoms with Crippen molar-refractivity contribution in [2.75, 3.05) is 19.3 Å². The summed E-state index contributed by atoms with van der Waals surface area (Å²) >= 11 is 0. The maximum atomic E-state index is 11.2. The van der Waals surface area contributed by atoms with Crippen LogP contribution in [0.2, 0.25) is 0 Å². The standard InChI is InChI=1S/C13H20N2O3S/c1-19(16,17)18-13-10-15(8-7-12(13)14)9-11-5-3-2-4-6-11/h2-6,12-13H,7-10,14H2,1H3/t12-,13-/m0/s1. The van der Waals surface area contributed by atoms with Gasteiger partial charge >= 0.3 is 0 Å². The van der Waals surface area contributed by atoms with Crippen molar-refractivity contribution in [3.8, 4) is 0 Å². The SMILES string of the molecule is CS(=O)(=O)O[C@H]1CN(Cc2ccccc2)CC[C@@H]1N. The fourth-order valence-electron chi connectivity index (χ4n) is 2.31. The molecule has 1 heterocycles. The Labute approximate surface area is 114 Å². The molecule has 0 amide bonds. The third-order valence-electron chi connectivity index (χ3n) is 3.24. The zero-order valence-corrected chi connectivity index (χ0v) is 11.8. The zero-order chi connectivity index (χ0) is 13.9. The lowest BCUT2D eigenvalue weighted by Gasteiger charge is -2.35. The first-order valence-corrected chi connectivity index (χ1v) is 8.16. The Morgan fingerprint density at radius 3 is 2.68 bits per heavy atom. The van der Waals surface area contributed by atoms with Gasteiger partial charge in [-0.1, -0.05) is 30.3 Å². The van der Waals surface area contributed by atoms with E-state index in [0.717, 1.165) is 25.8 Å². The molecule has 1 aromatic rings. The normalized spacial score (nSPS) is 25.4. The van der Waals surface area contributed by atoms with Crippen LogP contribution in [0.5, 0.6) is 0 Å². The van der Waals surface area contributed by atoms with E-state index in [2.05, 4.69) is 17.0 Å². The molecular formula is C13H20N2O3S. The number of rotatable bonds is 4. The van der Waals surface area contributed by atoms with Crippen LogP contribution < -0.4 is 5.73 Å². The first-order valence-electron chi connectivity index (χ1n) is 6.34. The summed E-state index contributed by atoms with van der Waals surface area (Å²) in [4.78, 5) is 2.18. The van der Waals surface area contributed by atoms with E-state index in [1.165, 1.54) is 5.56 Å². The molecule has 1 aliphatic heterocycles. The summed E-state index contributed by atoms with van der Waals surface area (Å²) in [6.45, 7) is 2.19. The van der Waals surface area contributed by atoms with Crippen LogP contribution in [0.25, 0.3) is 0 Å². The third kappa shape index (κ3) is 4.58. The average molecular weight is 284 g/mol. The zero-order valence-electron chi connectivity index (χ0n) is 11.0. The van der Waals surface area contributed by atoms with Crippen molar-refractivity contribution in [3.63, 3.8) is 0 Å². The average Bonchev–Trinajstić information content (AvgIpc) is 2.33. The van der Waals surface area contributed by atoms with Crippen LogP contribution in [0.3, 0.4) is 0 Å². The quantitative estimate of drug-likeness (QED) is 0.818. The molecule has 0 unspecified atom stereocenters. The van der Waals surface area contributed by atoms with E-state index in [-0.39, 0.29) is 6.04 Å². The summed E-state index contributed by atoms with van der Waals surface area (Å²) in [6, 6.07) is 9.86. The highest BCUT2D eigenvalue weighted by molar-refractivity contribution is 7.86. The number of nitrogens with two attached hydrogens (primary N) is 1. The molecule has 2 atom stereocenters. The molecule has 0 spiro atoms. The molecule has 19 heavy (non-hydrogen) atoms. The van der Waals surface area contributed by atoms with Crippen molar-refractivity contribution in [2.45, 2.75) is 25.1 Å². The third-order valence-corrected chi connectivity index (χ3v) is 3.84. The molecule has 1 aliphatic rings. The second-order valence-corrected chi connectivity index (χ2v) is 6.61. The van der Waals surface area contributed by atoms with Crippen LogP contribution in [0.4, 0.5) is 0 Å². The maximum absolute atomic E-state index is 11.2. The summed E-state index contributed by atoms with van der Waals surface area (Å²) in [7, 11) is -3.46. The molecule has 1 aromatic carbocycles. The number of likely N-dealkylation sites (tertiary alicyclic amines) is 1. The molecule has 6 heteroatoms. The van der Waals surface area contributed by atoms with Crippen LogP contribution in [0.1, 0.15) is 12.0 Å². The molecule has 0 saturated carbocycles. The van der Waals surface area contributed by atoms with Crippen LogP contribution in [0.15, 0.2) is 30.3 Å². The number of piperidine rings is 1. The Morgan fingerprint density at radius 1 is 1.37 bits per heavy atom. The summed E-state index contributed by atoms with van der Waals surface area (Å²) < 4.78 is 27.5. The van der Waals surface area contributed by atoms with Gasteiger partial charge in [0.1, 0.15) is 6.10 Å². The first-order chi connectivity index (χ1) is 8.94. The molecule has 106 valence electrons. The predicted molar refractivity (Wildman–Crippen MR) is 74.0 cm³/mol. The van der Waals surface area contributed by atoms with Gasteiger partial charge in [0.25, 0.3) is 10.1 Å². The number of benzene rings is 1. The van der Waals surface area contributed by atoms with Gasteiger partial charge < -0.3 is 5.73 Å². The fourth-order valence-corrected chi connectivity index (χ4v) is 2.96. The second kappa shape index (κ2) is 6.00. The summed E-state index contributed by atoms with van der Waals surface area (Å²) in [6.07, 6.45) is 1.36. The fraction of sp³-hybridized carbons (Fsp3) is 0.538. The van der Waals surface area contributed by atoms with Gasteiger partial charge in [-0.05, 0) is 12.0 Å². The monoisotopic (exact) mass is 284 g/mol. The minimum absolute atomic E-state index is 0.221. The van der Waals surface area contributed by atoms with E-state index >= 15 is 0 Å². The highest BCUT2D eigenvalue weighted by Gasteiger charge is 2.30. The van der Waals surface area contributed by atoms with Gasteiger partial charge in [0.05, 0.1) is 6.26 Å². The molecule has 0 aliphatic carbocycles. The van der Waals surface area contributed by atoms with Crippen molar-refractivity contribution >= 4 is 10.1 Å². The highest BCUT2D eigenvalue weighted by Crippen LogP contribution is 2.16. The lowest BCUT2D eigenvalue weighted by molar-refractivity contribution is 0.0726. The molecular weight excluding hydrogens is 264 g/mol. The van der Waals surface area contributed by atoms with Gasteiger partial charge in [0.2, 0.25) is 0 Å². The molecule has 0 radical (unpaired) electrons. The number of hydrogen-bond acceptors (Lipinski definition) is 5. The van der Waals surface area contributed by atoms with E-state index in [9.17, 15) is 8.42 Å². The summed E-state index contributed by atoms with van der Waals surface area (Å²) in [5, 5.41) is 0. The smallest absolute Gasteiger partial charge is 0.264 e. The van der Waals surface area contributed by atoms with Gasteiger partial charge in [0.15, 0.2) is 0 Å². The topological polar surface area (TPSA) is 72.6 Å². The Morgan fingerprint density at radius 2 is 2.05 bits per heavy atom. The van der Waals surface area contributed by atoms with Gasteiger partial charge in [-0.15, -0.1) is 0 Å². The summed E-state index contributed by atoms with van der Waals surface area (Å²) in [5.74, 6) is 0. The van der Waals surface area contributed by atoms with Gasteiger partial charge in [0, 0.05) is 25.7 Å². The second-order valence-electron chi connectivity index (χ2n) is 5.01.